The number of anilines is 1. The average molecular weight is 474 g/mol. The van der Waals surface area contributed by atoms with Gasteiger partial charge in [-0.1, -0.05) is 33.3 Å². The minimum absolute atomic E-state index is 0.192. The lowest BCUT2D eigenvalue weighted by atomic mass is 9.85. The van der Waals surface area contributed by atoms with Crippen molar-refractivity contribution >= 4 is 28.4 Å². The second-order valence-corrected chi connectivity index (χ2v) is 9.16. The minimum Gasteiger partial charge on any atom is -0.493 e. The molecule has 2 aromatic carbocycles. The Balaban J connectivity index is 2.38. The Hall–Kier alpha value is -2.96. The highest BCUT2D eigenvalue weighted by Crippen LogP contribution is 2.44. The van der Waals surface area contributed by atoms with Crippen molar-refractivity contribution in [1.29, 1.82) is 0 Å². The smallest absolute Gasteiger partial charge is 0.352 e. The molecule has 2 aromatic rings. The largest absolute Gasteiger partial charge is 0.493 e. The van der Waals surface area contributed by atoms with Crippen LogP contribution in [0.5, 0.6) is 17.2 Å². The van der Waals surface area contributed by atoms with Crippen LogP contribution in [0.4, 0.5) is 5.69 Å². The van der Waals surface area contributed by atoms with Crippen LogP contribution < -0.4 is 19.1 Å². The van der Waals surface area contributed by atoms with E-state index < -0.39 is 18.0 Å². The molecule has 188 valence electrons. The maximum absolute atomic E-state index is 13.0. The lowest BCUT2D eigenvalue weighted by Gasteiger charge is -2.24. The fraction of sp³-hybridized carbons (Fsp3) is 0.556. The molecule has 0 spiro atoms. The van der Waals surface area contributed by atoms with Crippen molar-refractivity contribution in [1.82, 2.24) is 0 Å². The van der Waals surface area contributed by atoms with Crippen molar-refractivity contribution in [2.24, 2.45) is 5.41 Å². The molecule has 0 amide bonds. The second kappa shape index (κ2) is 12.0. The minimum atomic E-state index is -1.07. The molecular formula is C27H39NO6. The predicted molar refractivity (Wildman–Crippen MR) is 135 cm³/mol. The number of rotatable bonds is 12. The summed E-state index contributed by atoms with van der Waals surface area (Å²) in [6, 6.07) is 7.80. The maximum Gasteiger partial charge on any atom is 0.352 e. The molecule has 7 heteroatoms. The first kappa shape index (κ1) is 27.3. The van der Waals surface area contributed by atoms with Crippen LogP contribution in [0.2, 0.25) is 0 Å². The van der Waals surface area contributed by atoms with Gasteiger partial charge in [0.2, 0.25) is 5.75 Å². The summed E-state index contributed by atoms with van der Waals surface area (Å²) in [5.41, 5.74) is 0.808. The molecule has 0 saturated heterocycles. The van der Waals surface area contributed by atoms with Crippen LogP contribution in [0, 0.1) is 5.41 Å². The molecule has 0 bridgehead atoms. The molecule has 0 aliphatic heterocycles. The van der Waals surface area contributed by atoms with Gasteiger partial charge in [0.1, 0.15) is 0 Å². The molecule has 2 rings (SSSR count). The van der Waals surface area contributed by atoms with E-state index in [9.17, 15) is 9.59 Å². The van der Waals surface area contributed by atoms with Crippen molar-refractivity contribution in [3.63, 3.8) is 0 Å². The number of carbonyl (C=O) groups is 2. The van der Waals surface area contributed by atoms with Crippen LogP contribution in [0.15, 0.2) is 24.3 Å². The summed E-state index contributed by atoms with van der Waals surface area (Å²) in [6.45, 7) is 13.5. The van der Waals surface area contributed by atoms with Crippen molar-refractivity contribution < 1.29 is 28.5 Å². The van der Waals surface area contributed by atoms with Crippen LogP contribution >= 0.6 is 0 Å². The Bertz CT molecular complexity index is 996. The van der Waals surface area contributed by atoms with Gasteiger partial charge in [0.25, 0.3) is 0 Å². The van der Waals surface area contributed by atoms with Crippen molar-refractivity contribution in [3.8, 4) is 17.2 Å². The third-order valence-electron chi connectivity index (χ3n) is 5.94. The van der Waals surface area contributed by atoms with E-state index in [1.165, 1.54) is 21.1 Å². The first-order valence-corrected chi connectivity index (χ1v) is 12.0. The zero-order valence-electron chi connectivity index (χ0n) is 21.8. The maximum atomic E-state index is 13.0. The van der Waals surface area contributed by atoms with Gasteiger partial charge in [-0.2, -0.15) is 0 Å². The molecule has 1 atom stereocenters. The van der Waals surface area contributed by atoms with Gasteiger partial charge >= 0.3 is 11.9 Å². The van der Waals surface area contributed by atoms with Crippen LogP contribution in [0.25, 0.3) is 10.8 Å². The highest BCUT2D eigenvalue weighted by Gasteiger charge is 2.28. The molecule has 0 saturated carbocycles. The number of esters is 2. The number of ether oxygens (including phenoxy) is 4. The lowest BCUT2D eigenvalue weighted by Crippen LogP contribution is -2.30. The van der Waals surface area contributed by atoms with Gasteiger partial charge in [-0.3, -0.25) is 4.79 Å². The first-order valence-electron chi connectivity index (χ1n) is 12.0. The molecule has 0 radical (unpaired) electrons. The predicted octanol–water partition coefficient (Wildman–Crippen LogP) is 5.76. The van der Waals surface area contributed by atoms with Crippen molar-refractivity contribution in [3.05, 3.63) is 24.3 Å². The number of fused-ring (bicyclic) bond motifs is 1. The van der Waals surface area contributed by atoms with Crippen LogP contribution in [-0.4, -0.2) is 45.4 Å². The number of nitrogens with zero attached hydrogens (tertiary/aromatic N) is 1. The van der Waals surface area contributed by atoms with Gasteiger partial charge in [-0.05, 0) is 56.2 Å². The molecule has 0 aromatic heterocycles. The molecule has 0 heterocycles. The molecule has 0 fully saturated rings. The fourth-order valence-corrected chi connectivity index (χ4v) is 4.17. The van der Waals surface area contributed by atoms with E-state index in [-0.39, 0.29) is 17.6 Å². The molecule has 1 unspecified atom stereocenters. The summed E-state index contributed by atoms with van der Waals surface area (Å²) in [5.74, 6) is -0.107. The van der Waals surface area contributed by atoms with Crippen molar-refractivity contribution in [2.45, 2.75) is 66.9 Å². The van der Waals surface area contributed by atoms with E-state index >= 15 is 0 Å². The molecule has 0 aliphatic rings. The second-order valence-electron chi connectivity index (χ2n) is 9.16. The SMILES string of the molecule is CCCC(C)(C)CC(=O)OC(C)C(=O)Oc1c(OC)c(OC)cc2ccc(N(CC)CC)cc12. The summed E-state index contributed by atoms with van der Waals surface area (Å²) in [7, 11) is 3.02. The Kier molecular flexibility index (Phi) is 9.59. The Morgan fingerprint density at radius 1 is 1.00 bits per heavy atom. The van der Waals surface area contributed by atoms with Gasteiger partial charge in [0.05, 0.1) is 20.6 Å². The number of benzene rings is 2. The van der Waals surface area contributed by atoms with Gasteiger partial charge in [-0.15, -0.1) is 0 Å². The van der Waals surface area contributed by atoms with Gasteiger partial charge < -0.3 is 23.8 Å². The number of methoxy groups -OCH3 is 2. The molecule has 34 heavy (non-hydrogen) atoms. The Labute approximate surface area is 203 Å². The van der Waals surface area contributed by atoms with Gasteiger partial charge in [0.15, 0.2) is 17.6 Å². The summed E-state index contributed by atoms with van der Waals surface area (Å²) in [5, 5.41) is 1.54. The Morgan fingerprint density at radius 3 is 2.24 bits per heavy atom. The van der Waals surface area contributed by atoms with Crippen LogP contribution in [0.3, 0.4) is 0 Å². The Morgan fingerprint density at radius 2 is 1.68 bits per heavy atom. The first-order chi connectivity index (χ1) is 16.1. The van der Waals surface area contributed by atoms with Crippen LogP contribution in [-0.2, 0) is 14.3 Å². The van der Waals surface area contributed by atoms with E-state index in [2.05, 4.69) is 25.7 Å². The van der Waals surface area contributed by atoms with E-state index in [1.807, 2.05) is 38.1 Å². The lowest BCUT2D eigenvalue weighted by molar-refractivity contribution is -0.162. The zero-order valence-corrected chi connectivity index (χ0v) is 21.8. The summed E-state index contributed by atoms with van der Waals surface area (Å²) in [6.07, 6.45) is 1.03. The molecule has 7 nitrogen and oxygen atoms in total. The normalized spacial score (nSPS) is 12.2. The monoisotopic (exact) mass is 473 g/mol. The van der Waals surface area contributed by atoms with E-state index in [0.717, 1.165) is 37.0 Å². The summed E-state index contributed by atoms with van der Waals surface area (Å²) in [4.78, 5) is 27.6. The third kappa shape index (κ3) is 6.55. The van der Waals surface area contributed by atoms with Crippen LogP contribution in [0.1, 0.15) is 60.8 Å². The number of hydrogen-bond acceptors (Lipinski definition) is 7. The average Bonchev–Trinajstić information content (AvgIpc) is 2.78. The van der Waals surface area contributed by atoms with Gasteiger partial charge in [0, 0.05) is 24.2 Å². The highest BCUT2D eigenvalue weighted by atomic mass is 16.6. The van der Waals surface area contributed by atoms with Gasteiger partial charge in [-0.25, -0.2) is 4.79 Å². The van der Waals surface area contributed by atoms with E-state index in [4.69, 9.17) is 18.9 Å². The summed E-state index contributed by atoms with van der Waals surface area (Å²) >= 11 is 0. The molecular weight excluding hydrogens is 434 g/mol. The third-order valence-corrected chi connectivity index (χ3v) is 5.94. The topological polar surface area (TPSA) is 74.3 Å². The summed E-state index contributed by atoms with van der Waals surface area (Å²) < 4.78 is 22.2. The molecule has 0 N–H and O–H groups in total. The number of carbonyl (C=O) groups excluding carboxylic acids is 2. The standard InChI is InChI=1S/C27H39NO6/c1-9-14-27(5,6)17-23(29)33-18(4)26(30)34-24-21-16-20(28(10-2)11-3)13-12-19(21)15-22(31-7)25(24)32-8/h12-13,15-16,18H,9-11,14,17H2,1-8H3. The zero-order chi connectivity index (χ0) is 25.5. The van der Waals surface area contributed by atoms with E-state index in [1.54, 1.807) is 0 Å². The number of hydrogen-bond donors (Lipinski definition) is 0. The quantitative estimate of drug-likeness (QED) is 0.287. The van der Waals surface area contributed by atoms with Crippen molar-refractivity contribution in [2.75, 3.05) is 32.2 Å². The fourth-order valence-electron chi connectivity index (χ4n) is 4.17. The highest BCUT2D eigenvalue weighted by molar-refractivity contribution is 5.97. The van der Waals surface area contributed by atoms with E-state index in [0.29, 0.717) is 16.9 Å². The molecule has 0 aliphatic carbocycles.